The van der Waals surface area contributed by atoms with E-state index in [0.29, 0.717) is 35.8 Å². The molecule has 19 heavy (non-hydrogen) atoms. The molecule has 0 aliphatic rings. The van der Waals surface area contributed by atoms with Gasteiger partial charge in [-0.2, -0.15) is 0 Å². The van der Waals surface area contributed by atoms with E-state index >= 15 is 0 Å². The fraction of sp³-hybridized carbons (Fsp3) is 0.357. The molecule has 0 bridgehead atoms. The van der Waals surface area contributed by atoms with Crippen molar-refractivity contribution in [2.45, 2.75) is 6.42 Å². The third-order valence-corrected chi connectivity index (χ3v) is 2.50. The zero-order chi connectivity index (χ0) is 14.3. The Labute approximate surface area is 112 Å². The summed E-state index contributed by atoms with van der Waals surface area (Å²) in [4.78, 5) is 12.0. The van der Waals surface area contributed by atoms with Gasteiger partial charge in [0.2, 0.25) is 5.75 Å². The van der Waals surface area contributed by atoms with Gasteiger partial charge in [0, 0.05) is 13.0 Å². The van der Waals surface area contributed by atoms with Crippen molar-refractivity contribution in [3.05, 3.63) is 17.7 Å². The molecule has 0 radical (unpaired) electrons. The van der Waals surface area contributed by atoms with Crippen molar-refractivity contribution in [2.24, 2.45) is 0 Å². The molecule has 102 valence electrons. The highest BCUT2D eigenvalue weighted by Crippen LogP contribution is 2.39. The van der Waals surface area contributed by atoms with Gasteiger partial charge < -0.3 is 19.5 Å². The van der Waals surface area contributed by atoms with Crippen LogP contribution in [0.15, 0.2) is 12.1 Å². The van der Waals surface area contributed by atoms with Gasteiger partial charge in [0.25, 0.3) is 5.91 Å². The number of amides is 1. The second kappa shape index (κ2) is 7.17. The third kappa shape index (κ3) is 3.32. The molecule has 1 amide bonds. The number of hydrogen-bond acceptors (Lipinski definition) is 4. The van der Waals surface area contributed by atoms with Crippen LogP contribution in [0.2, 0.25) is 0 Å². The molecule has 0 saturated heterocycles. The summed E-state index contributed by atoms with van der Waals surface area (Å²) in [5, 5.41) is 2.71. The number of rotatable bonds is 6. The van der Waals surface area contributed by atoms with Crippen molar-refractivity contribution in [2.75, 3.05) is 27.9 Å². The molecule has 1 N–H and O–H groups in total. The van der Waals surface area contributed by atoms with E-state index in [4.69, 9.17) is 20.6 Å². The molecular weight excluding hydrogens is 246 g/mol. The highest BCUT2D eigenvalue weighted by atomic mass is 16.5. The Balaban J connectivity index is 3.07. The smallest absolute Gasteiger partial charge is 0.255 e. The molecular formula is C14H17NO4. The molecule has 0 aliphatic heterocycles. The topological polar surface area (TPSA) is 56.8 Å². The van der Waals surface area contributed by atoms with Crippen LogP contribution in [-0.4, -0.2) is 33.8 Å². The van der Waals surface area contributed by atoms with Crippen LogP contribution in [-0.2, 0) is 0 Å². The van der Waals surface area contributed by atoms with Crippen LogP contribution >= 0.6 is 0 Å². The van der Waals surface area contributed by atoms with Crippen LogP contribution < -0.4 is 19.5 Å². The first-order valence-corrected chi connectivity index (χ1v) is 5.70. The molecule has 0 aliphatic carbocycles. The van der Waals surface area contributed by atoms with Crippen LogP contribution in [0.1, 0.15) is 16.8 Å². The van der Waals surface area contributed by atoms with Gasteiger partial charge in [-0.3, -0.25) is 4.79 Å². The van der Waals surface area contributed by atoms with Crippen LogP contribution in [0.5, 0.6) is 17.2 Å². The molecule has 1 aromatic rings. The maximum atomic E-state index is 12.0. The Morgan fingerprint density at radius 1 is 1.21 bits per heavy atom. The number of terminal acetylenes is 1. The van der Waals surface area contributed by atoms with Crippen molar-refractivity contribution >= 4 is 5.91 Å². The lowest BCUT2D eigenvalue weighted by molar-refractivity contribution is 0.0950. The summed E-state index contributed by atoms with van der Waals surface area (Å²) in [5.74, 6) is 3.40. The van der Waals surface area contributed by atoms with Gasteiger partial charge in [-0.05, 0) is 12.1 Å². The van der Waals surface area contributed by atoms with E-state index < -0.39 is 0 Å². The summed E-state index contributed by atoms with van der Waals surface area (Å²) in [6, 6.07) is 3.27. The molecule has 0 aromatic heterocycles. The van der Waals surface area contributed by atoms with E-state index in [0.717, 1.165) is 0 Å². The molecule has 1 rings (SSSR count). The molecule has 0 heterocycles. The van der Waals surface area contributed by atoms with E-state index in [1.807, 2.05) is 0 Å². The van der Waals surface area contributed by atoms with E-state index in [-0.39, 0.29) is 5.91 Å². The Kier molecular flexibility index (Phi) is 5.55. The molecule has 5 nitrogen and oxygen atoms in total. The minimum Gasteiger partial charge on any atom is -0.493 e. The van der Waals surface area contributed by atoms with Gasteiger partial charge in [-0.25, -0.2) is 0 Å². The van der Waals surface area contributed by atoms with Crippen molar-refractivity contribution in [1.29, 1.82) is 0 Å². The van der Waals surface area contributed by atoms with Crippen molar-refractivity contribution in [3.63, 3.8) is 0 Å². The highest BCUT2D eigenvalue weighted by Gasteiger charge is 2.20. The summed E-state index contributed by atoms with van der Waals surface area (Å²) >= 11 is 0. The lowest BCUT2D eigenvalue weighted by atomic mass is 10.1. The Morgan fingerprint density at radius 3 is 2.42 bits per heavy atom. The predicted octanol–water partition coefficient (Wildman–Crippen LogP) is 1.47. The summed E-state index contributed by atoms with van der Waals surface area (Å²) in [5.41, 5.74) is 0.372. The molecule has 0 spiro atoms. The summed E-state index contributed by atoms with van der Waals surface area (Å²) in [6.07, 6.45) is 5.60. The van der Waals surface area contributed by atoms with Gasteiger partial charge in [-0.1, -0.05) is 0 Å². The predicted molar refractivity (Wildman–Crippen MR) is 71.9 cm³/mol. The van der Waals surface area contributed by atoms with Crippen LogP contribution in [0.4, 0.5) is 0 Å². The van der Waals surface area contributed by atoms with Gasteiger partial charge in [0.1, 0.15) is 0 Å². The molecule has 1 aromatic carbocycles. The minimum absolute atomic E-state index is 0.270. The number of hydrogen-bond donors (Lipinski definition) is 1. The fourth-order valence-corrected chi connectivity index (χ4v) is 1.62. The Morgan fingerprint density at radius 2 is 1.89 bits per heavy atom. The Hall–Kier alpha value is -2.35. The third-order valence-electron chi connectivity index (χ3n) is 2.50. The zero-order valence-corrected chi connectivity index (χ0v) is 11.3. The van der Waals surface area contributed by atoms with E-state index in [9.17, 15) is 4.79 Å². The maximum Gasteiger partial charge on any atom is 0.255 e. The SMILES string of the molecule is C#CCCNC(=O)c1ccc(OC)c(OC)c1OC. The Bertz CT molecular complexity index is 491. The standard InChI is InChI=1S/C14H17NO4/c1-5-6-9-15-14(16)10-7-8-11(17-2)13(19-4)12(10)18-3/h1,7-8H,6,9H2,2-4H3,(H,15,16). The number of carbonyl (C=O) groups excluding carboxylic acids is 1. The van der Waals surface area contributed by atoms with Gasteiger partial charge in [0.05, 0.1) is 26.9 Å². The second-order valence-electron chi connectivity index (χ2n) is 3.59. The first-order chi connectivity index (χ1) is 9.19. The highest BCUT2D eigenvalue weighted by molar-refractivity contribution is 5.98. The normalized spacial score (nSPS) is 9.37. The number of nitrogens with one attached hydrogen (secondary N) is 1. The van der Waals surface area contributed by atoms with Gasteiger partial charge in [-0.15, -0.1) is 12.3 Å². The minimum atomic E-state index is -0.270. The summed E-state index contributed by atoms with van der Waals surface area (Å²) < 4.78 is 15.6. The monoisotopic (exact) mass is 263 g/mol. The van der Waals surface area contributed by atoms with Crippen LogP contribution in [0.25, 0.3) is 0 Å². The van der Waals surface area contributed by atoms with E-state index in [2.05, 4.69) is 11.2 Å². The van der Waals surface area contributed by atoms with Crippen molar-refractivity contribution in [3.8, 4) is 29.6 Å². The largest absolute Gasteiger partial charge is 0.493 e. The lowest BCUT2D eigenvalue weighted by Crippen LogP contribution is -2.24. The van der Waals surface area contributed by atoms with Crippen molar-refractivity contribution in [1.82, 2.24) is 5.32 Å². The molecule has 0 atom stereocenters. The molecule has 0 unspecified atom stereocenters. The quantitative estimate of drug-likeness (QED) is 0.623. The second-order valence-corrected chi connectivity index (χ2v) is 3.59. The van der Waals surface area contributed by atoms with E-state index in [1.54, 1.807) is 12.1 Å². The first kappa shape index (κ1) is 14.7. The van der Waals surface area contributed by atoms with Crippen molar-refractivity contribution < 1.29 is 19.0 Å². The number of ether oxygens (including phenoxy) is 3. The summed E-state index contributed by atoms with van der Waals surface area (Å²) in [6.45, 7) is 0.410. The van der Waals surface area contributed by atoms with Gasteiger partial charge in [0.15, 0.2) is 11.5 Å². The molecule has 0 fully saturated rings. The average molecular weight is 263 g/mol. The van der Waals surface area contributed by atoms with Crippen LogP contribution in [0.3, 0.4) is 0 Å². The molecule has 0 saturated carbocycles. The average Bonchev–Trinajstić information content (AvgIpc) is 2.45. The molecule has 5 heteroatoms. The maximum absolute atomic E-state index is 12.0. The van der Waals surface area contributed by atoms with E-state index in [1.165, 1.54) is 21.3 Å². The summed E-state index contributed by atoms with van der Waals surface area (Å²) in [7, 11) is 4.47. The number of carbonyl (C=O) groups is 1. The van der Waals surface area contributed by atoms with Gasteiger partial charge >= 0.3 is 0 Å². The number of benzene rings is 1. The first-order valence-electron chi connectivity index (χ1n) is 5.70. The lowest BCUT2D eigenvalue weighted by Gasteiger charge is -2.15. The van der Waals surface area contributed by atoms with Crippen LogP contribution in [0, 0.1) is 12.3 Å². The fourth-order valence-electron chi connectivity index (χ4n) is 1.62. The number of methoxy groups -OCH3 is 3. The zero-order valence-electron chi connectivity index (χ0n) is 11.3.